The summed E-state index contributed by atoms with van der Waals surface area (Å²) >= 11 is 0. The average Bonchev–Trinajstić information content (AvgIpc) is 2.59. The van der Waals surface area contributed by atoms with E-state index in [1.54, 1.807) is 25.7 Å². The van der Waals surface area contributed by atoms with Crippen LogP contribution in [0.5, 0.6) is 0 Å². The number of carbonyl (C=O) groups is 3. The number of ether oxygens (including phenoxy) is 1. The molecular weight excluding hydrogens is 346 g/mol. The first-order valence-corrected chi connectivity index (χ1v) is 10.2. The Labute approximate surface area is 162 Å². The number of piperidine rings is 2. The van der Waals surface area contributed by atoms with Gasteiger partial charge in [0.1, 0.15) is 5.60 Å². The molecule has 2 rings (SSSR count). The monoisotopic (exact) mass is 381 g/mol. The van der Waals surface area contributed by atoms with Crippen molar-refractivity contribution in [2.75, 3.05) is 32.7 Å². The maximum absolute atomic E-state index is 12.7. The summed E-state index contributed by atoms with van der Waals surface area (Å²) in [6.07, 6.45) is 3.50. The van der Waals surface area contributed by atoms with Crippen LogP contribution in [0.2, 0.25) is 0 Å². The molecule has 7 nitrogen and oxygen atoms in total. The lowest BCUT2D eigenvalue weighted by Crippen LogP contribution is -2.47. The molecule has 3 amide bonds. The van der Waals surface area contributed by atoms with Crippen LogP contribution < -0.4 is 5.32 Å². The fourth-order valence-corrected chi connectivity index (χ4v) is 3.77. The van der Waals surface area contributed by atoms with Crippen molar-refractivity contribution in [1.82, 2.24) is 15.1 Å². The van der Waals surface area contributed by atoms with Crippen molar-refractivity contribution in [3.63, 3.8) is 0 Å². The third-order valence-electron chi connectivity index (χ3n) is 5.17. The smallest absolute Gasteiger partial charge is 0.407 e. The Morgan fingerprint density at radius 1 is 1.04 bits per heavy atom. The van der Waals surface area contributed by atoms with E-state index in [2.05, 4.69) is 12.2 Å². The molecule has 0 saturated carbocycles. The minimum absolute atomic E-state index is 0.0172. The molecule has 1 unspecified atom stereocenters. The maximum atomic E-state index is 12.7. The van der Waals surface area contributed by atoms with Crippen molar-refractivity contribution in [3.05, 3.63) is 0 Å². The van der Waals surface area contributed by atoms with Crippen molar-refractivity contribution in [1.29, 1.82) is 0 Å². The maximum Gasteiger partial charge on any atom is 0.407 e. The first-order valence-electron chi connectivity index (χ1n) is 10.2. The molecule has 0 aromatic carbocycles. The standard InChI is InChI=1S/C20H35N3O4/c1-15-6-5-11-23(14-15)18(25)16-8-12-22(13-9-16)17(24)7-10-21-19(26)27-20(2,3)4/h15-16H,5-14H2,1-4H3,(H,21,26). The molecule has 0 aromatic rings. The molecule has 0 aliphatic carbocycles. The molecule has 0 radical (unpaired) electrons. The number of nitrogens with one attached hydrogen (secondary N) is 1. The van der Waals surface area contributed by atoms with Crippen LogP contribution in [0.1, 0.15) is 59.8 Å². The highest BCUT2D eigenvalue weighted by atomic mass is 16.6. The molecule has 0 aromatic heterocycles. The van der Waals surface area contributed by atoms with Gasteiger partial charge in [-0.2, -0.15) is 0 Å². The quantitative estimate of drug-likeness (QED) is 0.811. The first-order chi connectivity index (χ1) is 12.7. The third-order valence-corrected chi connectivity index (χ3v) is 5.17. The van der Waals surface area contributed by atoms with Crippen LogP contribution >= 0.6 is 0 Å². The normalized spacial score (nSPS) is 21.7. The van der Waals surface area contributed by atoms with Crippen LogP contribution in [0.15, 0.2) is 0 Å². The van der Waals surface area contributed by atoms with Gasteiger partial charge in [0, 0.05) is 45.1 Å². The Balaban J connectivity index is 1.68. The second kappa shape index (κ2) is 9.42. The van der Waals surface area contributed by atoms with Crippen LogP contribution in [0.3, 0.4) is 0 Å². The number of amides is 3. The molecule has 154 valence electrons. The number of likely N-dealkylation sites (tertiary alicyclic amines) is 2. The van der Waals surface area contributed by atoms with E-state index in [9.17, 15) is 14.4 Å². The molecule has 27 heavy (non-hydrogen) atoms. The highest BCUT2D eigenvalue weighted by molar-refractivity contribution is 5.80. The molecule has 2 saturated heterocycles. The van der Waals surface area contributed by atoms with Crippen LogP contribution in [0.25, 0.3) is 0 Å². The zero-order valence-electron chi connectivity index (χ0n) is 17.3. The van der Waals surface area contributed by atoms with E-state index in [4.69, 9.17) is 4.74 Å². The Bertz CT molecular complexity index is 536. The van der Waals surface area contributed by atoms with Gasteiger partial charge in [-0.15, -0.1) is 0 Å². The fraction of sp³-hybridized carbons (Fsp3) is 0.850. The fourth-order valence-electron chi connectivity index (χ4n) is 3.77. The number of hydrogen-bond donors (Lipinski definition) is 1. The number of nitrogens with zero attached hydrogens (tertiary/aromatic N) is 2. The van der Waals surface area contributed by atoms with E-state index in [0.717, 1.165) is 32.4 Å². The van der Waals surface area contributed by atoms with E-state index in [1.165, 1.54) is 6.42 Å². The molecule has 0 spiro atoms. The van der Waals surface area contributed by atoms with Gasteiger partial charge in [-0.05, 0) is 52.4 Å². The van der Waals surface area contributed by atoms with Crippen molar-refractivity contribution >= 4 is 17.9 Å². The van der Waals surface area contributed by atoms with E-state index in [-0.39, 0.29) is 30.7 Å². The van der Waals surface area contributed by atoms with Gasteiger partial charge in [0.25, 0.3) is 0 Å². The molecule has 2 aliphatic heterocycles. The SMILES string of the molecule is CC1CCCN(C(=O)C2CCN(C(=O)CCNC(=O)OC(C)(C)C)CC2)C1. The molecule has 1 atom stereocenters. The van der Waals surface area contributed by atoms with E-state index < -0.39 is 11.7 Å². The van der Waals surface area contributed by atoms with E-state index >= 15 is 0 Å². The van der Waals surface area contributed by atoms with Crippen LogP contribution in [-0.2, 0) is 14.3 Å². The number of rotatable bonds is 4. The van der Waals surface area contributed by atoms with Gasteiger partial charge in [0.05, 0.1) is 0 Å². The average molecular weight is 382 g/mol. The summed E-state index contributed by atoms with van der Waals surface area (Å²) in [4.78, 5) is 40.4. The van der Waals surface area contributed by atoms with Gasteiger partial charge in [-0.25, -0.2) is 4.79 Å². The third kappa shape index (κ3) is 7.03. The predicted molar refractivity (Wildman–Crippen MR) is 103 cm³/mol. The Morgan fingerprint density at radius 2 is 1.70 bits per heavy atom. The first kappa shape index (κ1) is 21.5. The molecular formula is C20H35N3O4. The second-order valence-corrected chi connectivity index (χ2v) is 8.87. The van der Waals surface area contributed by atoms with Crippen molar-refractivity contribution < 1.29 is 19.1 Å². The van der Waals surface area contributed by atoms with Gasteiger partial charge in [-0.1, -0.05) is 6.92 Å². The highest BCUT2D eigenvalue weighted by Crippen LogP contribution is 2.23. The predicted octanol–water partition coefficient (Wildman–Crippen LogP) is 2.40. The Hall–Kier alpha value is -1.79. The Kier molecular flexibility index (Phi) is 7.50. The summed E-state index contributed by atoms with van der Waals surface area (Å²) in [7, 11) is 0. The lowest BCUT2D eigenvalue weighted by molar-refractivity contribution is -0.142. The summed E-state index contributed by atoms with van der Waals surface area (Å²) in [5.74, 6) is 0.907. The molecule has 1 N–H and O–H groups in total. The number of carbonyl (C=O) groups excluding carboxylic acids is 3. The van der Waals surface area contributed by atoms with E-state index in [1.807, 2.05) is 4.90 Å². The van der Waals surface area contributed by atoms with Gasteiger partial charge in [0.15, 0.2) is 0 Å². The Morgan fingerprint density at radius 3 is 2.30 bits per heavy atom. The minimum Gasteiger partial charge on any atom is -0.444 e. The van der Waals surface area contributed by atoms with Crippen molar-refractivity contribution in [2.24, 2.45) is 11.8 Å². The minimum atomic E-state index is -0.547. The lowest BCUT2D eigenvalue weighted by Gasteiger charge is -2.37. The van der Waals surface area contributed by atoms with Gasteiger partial charge in [0.2, 0.25) is 11.8 Å². The van der Waals surface area contributed by atoms with Crippen molar-refractivity contribution in [3.8, 4) is 0 Å². The topological polar surface area (TPSA) is 79.0 Å². The summed E-state index contributed by atoms with van der Waals surface area (Å²) in [6.45, 7) is 10.8. The molecule has 2 aliphatic rings. The van der Waals surface area contributed by atoms with Crippen molar-refractivity contribution in [2.45, 2.75) is 65.4 Å². The van der Waals surface area contributed by atoms with Gasteiger partial charge in [-0.3, -0.25) is 9.59 Å². The van der Waals surface area contributed by atoms with Crippen LogP contribution in [0, 0.1) is 11.8 Å². The summed E-state index contributed by atoms with van der Waals surface area (Å²) in [5, 5.41) is 2.61. The molecule has 0 bridgehead atoms. The molecule has 2 fully saturated rings. The largest absolute Gasteiger partial charge is 0.444 e. The number of hydrogen-bond acceptors (Lipinski definition) is 4. The molecule has 2 heterocycles. The highest BCUT2D eigenvalue weighted by Gasteiger charge is 2.31. The zero-order chi connectivity index (χ0) is 20.0. The van der Waals surface area contributed by atoms with Crippen LogP contribution in [-0.4, -0.2) is 66.0 Å². The van der Waals surface area contributed by atoms with Crippen LogP contribution in [0.4, 0.5) is 4.79 Å². The lowest BCUT2D eigenvalue weighted by atomic mass is 9.92. The number of alkyl carbamates (subject to hydrolysis) is 1. The second-order valence-electron chi connectivity index (χ2n) is 8.87. The summed E-state index contributed by atoms with van der Waals surface area (Å²) in [6, 6.07) is 0. The summed E-state index contributed by atoms with van der Waals surface area (Å²) < 4.78 is 5.15. The van der Waals surface area contributed by atoms with Gasteiger partial charge >= 0.3 is 6.09 Å². The summed E-state index contributed by atoms with van der Waals surface area (Å²) in [5.41, 5.74) is -0.547. The van der Waals surface area contributed by atoms with Gasteiger partial charge < -0.3 is 19.9 Å². The van der Waals surface area contributed by atoms with E-state index in [0.29, 0.717) is 19.0 Å². The zero-order valence-corrected chi connectivity index (χ0v) is 17.3. The molecule has 7 heteroatoms.